The molecule has 1 aromatic heterocycles. The number of fused-ring (bicyclic) bond motifs is 1. The minimum atomic E-state index is -0.879. The molecule has 4 aromatic rings. The van der Waals surface area contributed by atoms with Crippen LogP contribution in [0.25, 0.3) is 0 Å². The Morgan fingerprint density at radius 3 is 2.56 bits per heavy atom. The van der Waals surface area contributed by atoms with Crippen LogP contribution < -0.4 is 15.0 Å². The average molecular weight is 598 g/mol. The predicted molar refractivity (Wildman–Crippen MR) is 169 cm³/mol. The Bertz CT molecular complexity index is 1590. The number of hydrogen-bond donors (Lipinski definition) is 2. The highest BCUT2D eigenvalue weighted by Crippen LogP contribution is 2.36. The molecule has 222 valence electrons. The lowest BCUT2D eigenvalue weighted by Gasteiger charge is -2.39. The van der Waals surface area contributed by atoms with Crippen LogP contribution in [0.2, 0.25) is 5.02 Å². The van der Waals surface area contributed by atoms with E-state index in [2.05, 4.69) is 26.2 Å². The monoisotopic (exact) mass is 597 g/mol. The van der Waals surface area contributed by atoms with Gasteiger partial charge in [0.15, 0.2) is 0 Å². The minimum absolute atomic E-state index is 0.0942. The van der Waals surface area contributed by atoms with Gasteiger partial charge in [-0.05, 0) is 93.2 Å². The van der Waals surface area contributed by atoms with Crippen LogP contribution in [-0.2, 0) is 6.54 Å². The molecule has 2 aliphatic heterocycles. The lowest BCUT2D eigenvalue weighted by molar-refractivity contribution is 0.0696. The van der Waals surface area contributed by atoms with Crippen molar-refractivity contribution < 1.29 is 14.6 Å². The van der Waals surface area contributed by atoms with Crippen LogP contribution in [0.3, 0.4) is 0 Å². The summed E-state index contributed by atoms with van der Waals surface area (Å²) in [5.41, 5.74) is 3.50. The van der Waals surface area contributed by atoms with Gasteiger partial charge in [0.25, 0.3) is 0 Å². The molecule has 43 heavy (non-hydrogen) atoms. The van der Waals surface area contributed by atoms with Crippen LogP contribution >= 0.6 is 11.6 Å². The maximum Gasteiger partial charge on any atom is 0.335 e. The Morgan fingerprint density at radius 1 is 1.00 bits per heavy atom. The Balaban J connectivity index is 1.08. The lowest BCUT2D eigenvalue weighted by Crippen LogP contribution is -2.41. The highest BCUT2D eigenvalue weighted by Gasteiger charge is 2.30. The largest absolute Gasteiger partial charge is 0.478 e. The number of halogens is 1. The first-order chi connectivity index (χ1) is 20.9. The van der Waals surface area contributed by atoms with E-state index in [1.165, 1.54) is 0 Å². The molecule has 3 heterocycles. The van der Waals surface area contributed by atoms with Gasteiger partial charge in [0.05, 0.1) is 11.6 Å². The number of carbonyl (C=O) groups is 1. The quantitative estimate of drug-likeness (QED) is 0.209. The fourth-order valence-corrected chi connectivity index (χ4v) is 6.24. The van der Waals surface area contributed by atoms with Crippen molar-refractivity contribution in [3.63, 3.8) is 0 Å². The summed E-state index contributed by atoms with van der Waals surface area (Å²) in [7, 11) is 0. The first-order valence-electron chi connectivity index (χ1n) is 14.8. The van der Waals surface area contributed by atoms with E-state index in [4.69, 9.17) is 21.3 Å². The van der Waals surface area contributed by atoms with Crippen molar-refractivity contribution in [1.29, 1.82) is 0 Å². The molecule has 0 saturated carbocycles. The maximum absolute atomic E-state index is 11.3. The van der Waals surface area contributed by atoms with Gasteiger partial charge in [-0.2, -0.15) is 0 Å². The zero-order chi connectivity index (χ0) is 29.8. The number of aryl methyl sites for hydroxylation is 1. The van der Waals surface area contributed by atoms with Crippen molar-refractivity contribution >= 4 is 29.1 Å². The van der Waals surface area contributed by atoms with Crippen molar-refractivity contribution in [3.8, 4) is 11.5 Å². The molecule has 6 rings (SSSR count). The highest BCUT2D eigenvalue weighted by atomic mass is 35.5. The van der Waals surface area contributed by atoms with Gasteiger partial charge in [0.2, 0.25) is 0 Å². The molecule has 9 heteroatoms. The molecule has 0 amide bonds. The number of benzene rings is 3. The molecule has 1 fully saturated rings. The van der Waals surface area contributed by atoms with Gasteiger partial charge < -0.3 is 20.1 Å². The second kappa shape index (κ2) is 13.0. The Hall–Kier alpha value is -4.14. The Kier molecular flexibility index (Phi) is 8.77. The number of rotatable bonds is 9. The van der Waals surface area contributed by atoms with E-state index in [0.717, 1.165) is 86.2 Å². The molecular weight excluding hydrogens is 562 g/mol. The summed E-state index contributed by atoms with van der Waals surface area (Å²) >= 11 is 6.13. The number of aromatic carboxylic acids is 1. The molecule has 0 bridgehead atoms. The van der Waals surface area contributed by atoms with E-state index < -0.39 is 5.97 Å². The van der Waals surface area contributed by atoms with Gasteiger partial charge in [-0.25, -0.2) is 14.8 Å². The van der Waals surface area contributed by atoms with Gasteiger partial charge in [-0.3, -0.25) is 4.90 Å². The van der Waals surface area contributed by atoms with Gasteiger partial charge >= 0.3 is 5.97 Å². The number of anilines is 2. The third-order valence-electron chi connectivity index (χ3n) is 8.25. The molecule has 2 aliphatic rings. The van der Waals surface area contributed by atoms with Crippen molar-refractivity contribution in [2.24, 2.45) is 5.92 Å². The smallest absolute Gasteiger partial charge is 0.335 e. The van der Waals surface area contributed by atoms with Crippen molar-refractivity contribution in [2.75, 3.05) is 36.4 Å². The van der Waals surface area contributed by atoms with E-state index in [0.29, 0.717) is 22.3 Å². The molecule has 8 nitrogen and oxygen atoms in total. The zero-order valence-electron chi connectivity index (χ0n) is 24.2. The molecular formula is C34H36ClN5O3. The van der Waals surface area contributed by atoms with Gasteiger partial charge in [0, 0.05) is 48.2 Å². The van der Waals surface area contributed by atoms with Crippen LogP contribution in [-0.4, -0.2) is 52.1 Å². The number of hydrogen-bond acceptors (Lipinski definition) is 7. The number of carboxylic acids is 1. The topological polar surface area (TPSA) is 90.8 Å². The average Bonchev–Trinajstić information content (AvgIpc) is 3.00. The van der Waals surface area contributed by atoms with Crippen LogP contribution in [0.5, 0.6) is 11.5 Å². The van der Waals surface area contributed by atoms with Crippen molar-refractivity contribution in [2.45, 2.75) is 38.8 Å². The fraction of sp³-hybridized carbons (Fsp3) is 0.324. The van der Waals surface area contributed by atoms with Gasteiger partial charge in [-0.1, -0.05) is 35.9 Å². The van der Waals surface area contributed by atoms with Gasteiger partial charge in [-0.15, -0.1) is 0 Å². The number of nitrogens with one attached hydrogen (secondary N) is 1. The number of aromatic nitrogens is 2. The van der Waals surface area contributed by atoms with E-state index in [1.807, 2.05) is 61.7 Å². The molecule has 1 atom stereocenters. The number of nitrogens with zero attached hydrogens (tertiary/aromatic N) is 4. The molecule has 1 saturated heterocycles. The number of carboxylic acid groups (broad SMARTS) is 1. The van der Waals surface area contributed by atoms with E-state index in [9.17, 15) is 9.90 Å². The summed E-state index contributed by atoms with van der Waals surface area (Å²) in [5.74, 6) is 2.94. The van der Waals surface area contributed by atoms with Crippen molar-refractivity contribution in [3.05, 3.63) is 107 Å². The highest BCUT2D eigenvalue weighted by molar-refractivity contribution is 6.30. The molecule has 3 aromatic carbocycles. The van der Waals surface area contributed by atoms with Gasteiger partial charge in [0.1, 0.15) is 23.1 Å². The van der Waals surface area contributed by atoms with Crippen LogP contribution in [0.4, 0.5) is 11.5 Å². The molecule has 0 aliphatic carbocycles. The van der Waals surface area contributed by atoms with E-state index in [1.54, 1.807) is 18.2 Å². The lowest BCUT2D eigenvalue weighted by atomic mass is 9.93. The molecule has 0 spiro atoms. The fourth-order valence-electron chi connectivity index (χ4n) is 6.06. The maximum atomic E-state index is 11.3. The van der Waals surface area contributed by atoms with Crippen LogP contribution in [0.15, 0.2) is 79.0 Å². The first kappa shape index (κ1) is 29.0. The van der Waals surface area contributed by atoms with E-state index >= 15 is 0 Å². The summed E-state index contributed by atoms with van der Waals surface area (Å²) in [6, 6.07) is 22.7. The summed E-state index contributed by atoms with van der Waals surface area (Å²) in [6.07, 6.45) is 5.13. The number of ether oxygens (including phenoxy) is 1. The van der Waals surface area contributed by atoms with E-state index in [-0.39, 0.29) is 6.04 Å². The Morgan fingerprint density at radius 2 is 1.77 bits per heavy atom. The minimum Gasteiger partial charge on any atom is -0.478 e. The third-order valence-corrected chi connectivity index (χ3v) is 8.49. The zero-order valence-corrected chi connectivity index (χ0v) is 25.0. The van der Waals surface area contributed by atoms with Crippen LogP contribution in [0.1, 0.15) is 52.6 Å². The standard InChI is InChI=1S/C34H36ClN5O3/c1-23-36-20-31-32(38-28-8-4-10-30(19-28)43-29-9-3-7-27(35)18-29)13-16-40(33(31)37-23)22-24-11-14-39(15-12-24)21-25-5-2-6-26(17-25)34(41)42/h2-10,17-20,24,32,38H,11-16,21-22H2,1H3,(H,41,42). The molecule has 1 unspecified atom stereocenters. The summed E-state index contributed by atoms with van der Waals surface area (Å²) < 4.78 is 6.05. The van der Waals surface area contributed by atoms with Crippen LogP contribution in [0, 0.1) is 12.8 Å². The molecule has 2 N–H and O–H groups in total. The second-order valence-electron chi connectivity index (χ2n) is 11.4. The second-order valence-corrected chi connectivity index (χ2v) is 11.9. The summed E-state index contributed by atoms with van der Waals surface area (Å²) in [5, 5.41) is 13.7. The summed E-state index contributed by atoms with van der Waals surface area (Å²) in [6.45, 7) is 6.63. The number of piperidine rings is 1. The number of likely N-dealkylation sites (tertiary alicyclic amines) is 1. The first-order valence-corrected chi connectivity index (χ1v) is 15.2. The molecule has 0 radical (unpaired) electrons. The predicted octanol–water partition coefficient (Wildman–Crippen LogP) is 7.20. The Labute approximate surface area is 257 Å². The summed E-state index contributed by atoms with van der Waals surface area (Å²) in [4.78, 5) is 25.7. The SMILES string of the molecule is Cc1ncc2c(n1)N(CC1CCN(Cc3cccc(C(=O)O)c3)CC1)CCC2Nc1cccc(Oc2cccc(Cl)c2)c1. The third kappa shape index (κ3) is 7.27. The normalized spacial score (nSPS) is 17.3. The van der Waals surface area contributed by atoms with Crippen molar-refractivity contribution in [1.82, 2.24) is 14.9 Å².